The van der Waals surface area contributed by atoms with Crippen molar-refractivity contribution in [3.8, 4) is 11.5 Å². The number of phenols is 1. The second-order valence-corrected chi connectivity index (χ2v) is 11.8. The summed E-state index contributed by atoms with van der Waals surface area (Å²) < 4.78 is 11.7. The SMILES string of the molecule is CN(C(=O)/C=C/c1ccoc1)[C@H]1CC[C@H]2[C@H]3Cc4c([N+](=O)[O-])cc(O)c5c4[C@@]2(CCN3CCc2ccccc2)[C@H]1O5. The van der Waals surface area contributed by atoms with E-state index in [9.17, 15) is 20.0 Å². The topological polar surface area (TPSA) is 109 Å². The molecule has 4 aliphatic rings. The second-order valence-electron chi connectivity index (χ2n) is 11.8. The molecule has 1 N–H and O–H groups in total. The van der Waals surface area contributed by atoms with Crippen LogP contribution in [0.2, 0.25) is 0 Å². The molecular formula is C32H33N3O6. The molecule has 9 heteroatoms. The Labute approximate surface area is 238 Å². The number of piperidine rings is 1. The highest BCUT2D eigenvalue weighted by atomic mass is 16.6. The Bertz CT molecular complexity index is 1520. The molecule has 2 bridgehead atoms. The number of rotatable bonds is 7. The molecule has 1 saturated heterocycles. The number of furan rings is 1. The highest BCUT2D eigenvalue weighted by Crippen LogP contribution is 2.65. The van der Waals surface area contributed by atoms with E-state index in [1.807, 2.05) is 6.07 Å². The first-order chi connectivity index (χ1) is 19.9. The molecule has 1 saturated carbocycles. The maximum atomic E-state index is 13.3. The number of nitrogens with zero attached hydrogens (tertiary/aromatic N) is 3. The minimum Gasteiger partial charge on any atom is -0.504 e. The second kappa shape index (κ2) is 9.76. The van der Waals surface area contributed by atoms with Gasteiger partial charge in [-0.1, -0.05) is 30.3 Å². The van der Waals surface area contributed by atoms with Crippen LogP contribution < -0.4 is 4.74 Å². The van der Waals surface area contributed by atoms with E-state index in [0.717, 1.165) is 49.9 Å². The van der Waals surface area contributed by atoms with Gasteiger partial charge in [0.1, 0.15) is 6.10 Å². The lowest BCUT2D eigenvalue weighted by molar-refractivity contribution is -0.385. The van der Waals surface area contributed by atoms with Crippen LogP contribution in [0.1, 0.15) is 41.5 Å². The molecule has 0 unspecified atom stereocenters. The van der Waals surface area contributed by atoms with Crippen LogP contribution in [-0.4, -0.2) is 64.1 Å². The molecule has 41 heavy (non-hydrogen) atoms. The fourth-order valence-electron chi connectivity index (χ4n) is 8.24. The largest absolute Gasteiger partial charge is 0.504 e. The molecule has 3 heterocycles. The Morgan fingerprint density at radius 2 is 2.10 bits per heavy atom. The number of amides is 1. The molecule has 2 aliphatic carbocycles. The van der Waals surface area contributed by atoms with E-state index >= 15 is 0 Å². The molecule has 2 aliphatic heterocycles. The van der Waals surface area contributed by atoms with Crippen LogP contribution >= 0.6 is 0 Å². The molecule has 1 aromatic heterocycles. The summed E-state index contributed by atoms with van der Waals surface area (Å²) in [5.41, 5.74) is 3.05. The van der Waals surface area contributed by atoms with Crippen LogP contribution in [-0.2, 0) is 23.1 Å². The minimum absolute atomic E-state index is 0.0344. The molecule has 5 atom stereocenters. The zero-order valence-electron chi connectivity index (χ0n) is 22.9. The fraction of sp³-hybridized carbons (Fsp3) is 0.406. The molecule has 9 nitrogen and oxygen atoms in total. The first-order valence-corrected chi connectivity index (χ1v) is 14.3. The van der Waals surface area contributed by atoms with Gasteiger partial charge in [-0.3, -0.25) is 19.8 Å². The van der Waals surface area contributed by atoms with Crippen molar-refractivity contribution in [2.24, 2.45) is 5.92 Å². The number of nitro benzene ring substituents is 1. The molecule has 1 amide bonds. The number of ether oxygens (including phenoxy) is 1. The zero-order chi connectivity index (χ0) is 28.3. The van der Waals surface area contributed by atoms with E-state index in [-0.39, 0.29) is 40.3 Å². The van der Waals surface area contributed by atoms with E-state index in [4.69, 9.17) is 9.15 Å². The number of hydrogen-bond acceptors (Lipinski definition) is 7. The standard InChI is InChI=1S/C32H33N3O6/c1-33(28(37)10-7-21-12-16-40-19-21)24-9-8-23-26-17-22-25(35(38)39)18-27(36)30-29(22)32(23,31(24)41-30)13-15-34(26)14-11-20-5-3-2-4-6-20/h2-7,10,12,16,18-19,23-24,26,31,36H,8-9,11,13-15,17H2,1H3/b10-7+/t23-,24-,26+,31-,32-/m0/s1. The maximum Gasteiger partial charge on any atom is 0.276 e. The molecule has 3 aromatic rings. The van der Waals surface area contributed by atoms with Gasteiger partial charge >= 0.3 is 0 Å². The van der Waals surface area contributed by atoms with Gasteiger partial charge in [-0.2, -0.15) is 0 Å². The van der Waals surface area contributed by atoms with Gasteiger partial charge in [0.05, 0.1) is 29.6 Å². The van der Waals surface area contributed by atoms with Crippen molar-refractivity contribution in [3.05, 3.63) is 93.4 Å². The van der Waals surface area contributed by atoms with Crippen molar-refractivity contribution in [2.45, 2.75) is 55.7 Å². The molecule has 2 fully saturated rings. The van der Waals surface area contributed by atoms with Crippen molar-refractivity contribution < 1.29 is 24.0 Å². The zero-order valence-corrected chi connectivity index (χ0v) is 22.9. The van der Waals surface area contributed by atoms with E-state index in [1.165, 1.54) is 11.6 Å². The monoisotopic (exact) mass is 555 g/mol. The fourth-order valence-corrected chi connectivity index (χ4v) is 8.24. The lowest BCUT2D eigenvalue weighted by Crippen LogP contribution is -2.69. The summed E-state index contributed by atoms with van der Waals surface area (Å²) in [6.07, 6.45) is 9.89. The molecule has 2 aromatic carbocycles. The third-order valence-corrected chi connectivity index (χ3v) is 10.0. The number of carbonyl (C=O) groups is 1. The molecule has 212 valence electrons. The number of phenolic OH excluding ortho intramolecular Hbond substituents is 1. The third kappa shape index (κ3) is 3.97. The van der Waals surface area contributed by atoms with Crippen molar-refractivity contribution in [3.63, 3.8) is 0 Å². The van der Waals surface area contributed by atoms with E-state index in [1.54, 1.807) is 42.7 Å². The molecular weight excluding hydrogens is 522 g/mol. The summed E-state index contributed by atoms with van der Waals surface area (Å²) in [6, 6.07) is 13.3. The molecule has 0 radical (unpaired) electrons. The summed E-state index contributed by atoms with van der Waals surface area (Å²) in [5.74, 6) is 0.260. The van der Waals surface area contributed by atoms with E-state index < -0.39 is 11.5 Å². The minimum atomic E-state index is -0.494. The number of carbonyl (C=O) groups excluding carboxylic acids is 1. The van der Waals surface area contributed by atoms with Gasteiger partial charge in [0.2, 0.25) is 5.91 Å². The smallest absolute Gasteiger partial charge is 0.276 e. The van der Waals surface area contributed by atoms with Crippen LogP contribution in [0.5, 0.6) is 11.5 Å². The first-order valence-electron chi connectivity index (χ1n) is 14.3. The summed E-state index contributed by atoms with van der Waals surface area (Å²) in [7, 11) is 1.80. The van der Waals surface area contributed by atoms with E-state index in [2.05, 4.69) is 29.2 Å². The Morgan fingerprint density at radius 1 is 1.27 bits per heavy atom. The van der Waals surface area contributed by atoms with Crippen LogP contribution in [0.15, 0.2) is 65.5 Å². The van der Waals surface area contributed by atoms with Crippen LogP contribution in [0, 0.1) is 16.0 Å². The lowest BCUT2D eigenvalue weighted by Gasteiger charge is -2.60. The average Bonchev–Trinajstić information content (AvgIpc) is 3.62. The van der Waals surface area contributed by atoms with Crippen molar-refractivity contribution in [2.75, 3.05) is 20.1 Å². The Morgan fingerprint density at radius 3 is 2.85 bits per heavy atom. The summed E-state index contributed by atoms with van der Waals surface area (Å²) >= 11 is 0. The maximum absolute atomic E-state index is 13.3. The average molecular weight is 556 g/mol. The predicted molar refractivity (Wildman–Crippen MR) is 152 cm³/mol. The van der Waals surface area contributed by atoms with Crippen molar-refractivity contribution >= 4 is 17.7 Å². The Hall–Kier alpha value is -4.11. The van der Waals surface area contributed by atoms with Crippen LogP contribution in [0.3, 0.4) is 0 Å². The van der Waals surface area contributed by atoms with Gasteiger partial charge in [0.25, 0.3) is 5.69 Å². The third-order valence-electron chi connectivity index (χ3n) is 10.0. The quantitative estimate of drug-likeness (QED) is 0.255. The number of nitro groups is 1. The van der Waals surface area contributed by atoms with Crippen LogP contribution in [0.25, 0.3) is 6.08 Å². The van der Waals surface area contributed by atoms with Gasteiger partial charge in [0, 0.05) is 47.8 Å². The lowest BCUT2D eigenvalue weighted by atomic mass is 9.50. The Balaban J connectivity index is 1.26. The predicted octanol–water partition coefficient (Wildman–Crippen LogP) is 4.72. The van der Waals surface area contributed by atoms with Crippen molar-refractivity contribution in [1.82, 2.24) is 9.80 Å². The van der Waals surface area contributed by atoms with Crippen LogP contribution in [0.4, 0.5) is 5.69 Å². The molecule has 7 rings (SSSR count). The first kappa shape index (κ1) is 25.8. The highest BCUT2D eigenvalue weighted by Gasteiger charge is 2.67. The number of likely N-dealkylation sites (tertiary alicyclic amines) is 1. The summed E-state index contributed by atoms with van der Waals surface area (Å²) in [5, 5.41) is 23.2. The Kier molecular flexibility index (Phi) is 6.15. The summed E-state index contributed by atoms with van der Waals surface area (Å²) in [4.78, 5) is 29.4. The van der Waals surface area contributed by atoms with Gasteiger partial charge in [-0.15, -0.1) is 0 Å². The number of likely N-dealkylation sites (N-methyl/N-ethyl adjacent to an activating group) is 1. The van der Waals surface area contributed by atoms with Gasteiger partial charge in [-0.05, 0) is 62.3 Å². The molecule has 1 spiro atoms. The summed E-state index contributed by atoms with van der Waals surface area (Å²) in [6.45, 7) is 1.71. The normalized spacial score (nSPS) is 27.8. The van der Waals surface area contributed by atoms with Crippen molar-refractivity contribution in [1.29, 1.82) is 0 Å². The van der Waals surface area contributed by atoms with E-state index in [0.29, 0.717) is 17.7 Å². The number of hydrogen-bond donors (Lipinski definition) is 1. The van der Waals surface area contributed by atoms with Gasteiger partial charge in [-0.25, -0.2) is 0 Å². The van der Waals surface area contributed by atoms with Gasteiger partial charge < -0.3 is 19.2 Å². The number of aromatic hydroxyl groups is 1. The highest BCUT2D eigenvalue weighted by molar-refractivity contribution is 5.92. The van der Waals surface area contributed by atoms with Gasteiger partial charge in [0.15, 0.2) is 11.5 Å². The number of benzene rings is 2.